The molecule has 0 aromatic heterocycles. The number of hydrogen-bond acceptors (Lipinski definition) is 3. The summed E-state index contributed by atoms with van der Waals surface area (Å²) >= 11 is 1.18. The van der Waals surface area contributed by atoms with Crippen molar-refractivity contribution in [2.24, 2.45) is 5.73 Å². The maximum atomic E-state index is 11.2. The number of benzene rings is 1. The van der Waals surface area contributed by atoms with Crippen LogP contribution in [0.4, 0.5) is 4.79 Å². The molecule has 0 bridgehead atoms. The van der Waals surface area contributed by atoms with Crippen molar-refractivity contribution in [2.75, 3.05) is 13.1 Å². The Bertz CT molecular complexity index is 264. The first-order chi connectivity index (χ1) is 6.33. The zero-order valence-electron chi connectivity index (χ0n) is 7.19. The van der Waals surface area contributed by atoms with E-state index in [2.05, 4.69) is 5.32 Å². The highest BCUT2D eigenvalue weighted by molar-refractivity contribution is 8.13. The van der Waals surface area contributed by atoms with E-state index in [9.17, 15) is 4.79 Å². The summed E-state index contributed by atoms with van der Waals surface area (Å²) in [6.45, 7) is 1.000. The largest absolute Gasteiger partial charge is 0.345 e. The number of carbonyl (C=O) groups is 1. The fourth-order valence-electron chi connectivity index (χ4n) is 0.806. The highest BCUT2D eigenvalue weighted by Gasteiger charge is 2.01. The summed E-state index contributed by atoms with van der Waals surface area (Å²) in [6, 6.07) is 9.51. The Labute approximate surface area is 81.7 Å². The van der Waals surface area contributed by atoms with Crippen molar-refractivity contribution in [3.05, 3.63) is 30.3 Å². The molecule has 0 saturated heterocycles. The van der Waals surface area contributed by atoms with Crippen molar-refractivity contribution < 1.29 is 4.79 Å². The maximum Gasteiger partial charge on any atom is 0.283 e. The van der Waals surface area contributed by atoms with Crippen molar-refractivity contribution >= 4 is 17.0 Å². The maximum absolute atomic E-state index is 11.2. The average Bonchev–Trinajstić information content (AvgIpc) is 2.16. The van der Waals surface area contributed by atoms with Gasteiger partial charge in [-0.25, -0.2) is 0 Å². The topological polar surface area (TPSA) is 55.1 Å². The van der Waals surface area contributed by atoms with Crippen LogP contribution in [0.15, 0.2) is 35.2 Å². The van der Waals surface area contributed by atoms with Gasteiger partial charge in [0.1, 0.15) is 0 Å². The molecule has 1 rings (SSSR count). The fourth-order valence-corrected chi connectivity index (χ4v) is 1.49. The van der Waals surface area contributed by atoms with E-state index in [0.29, 0.717) is 13.1 Å². The normalized spacial score (nSPS) is 9.62. The van der Waals surface area contributed by atoms with Gasteiger partial charge in [-0.2, -0.15) is 0 Å². The average molecular weight is 196 g/mol. The molecule has 1 aromatic rings. The van der Waals surface area contributed by atoms with Gasteiger partial charge in [0.25, 0.3) is 5.24 Å². The van der Waals surface area contributed by atoms with Crippen LogP contribution in [0.3, 0.4) is 0 Å². The molecule has 4 heteroatoms. The van der Waals surface area contributed by atoms with Gasteiger partial charge in [0, 0.05) is 18.0 Å². The first-order valence-electron chi connectivity index (χ1n) is 4.03. The third-order valence-corrected chi connectivity index (χ3v) is 2.21. The van der Waals surface area contributed by atoms with Crippen molar-refractivity contribution in [1.82, 2.24) is 5.32 Å². The molecule has 0 radical (unpaired) electrons. The fraction of sp³-hybridized carbons (Fsp3) is 0.222. The summed E-state index contributed by atoms with van der Waals surface area (Å²) in [4.78, 5) is 12.1. The molecule has 0 spiro atoms. The van der Waals surface area contributed by atoms with Gasteiger partial charge in [0.2, 0.25) is 0 Å². The molecule has 0 fully saturated rings. The van der Waals surface area contributed by atoms with Crippen molar-refractivity contribution in [3.63, 3.8) is 0 Å². The molecule has 1 aromatic carbocycles. The van der Waals surface area contributed by atoms with E-state index in [1.54, 1.807) is 0 Å². The molecule has 0 aliphatic heterocycles. The Hall–Kier alpha value is -1.00. The molecular formula is C9H12N2OS. The molecule has 3 nitrogen and oxygen atoms in total. The number of rotatable bonds is 3. The van der Waals surface area contributed by atoms with E-state index < -0.39 is 0 Å². The van der Waals surface area contributed by atoms with Crippen molar-refractivity contribution in [1.29, 1.82) is 0 Å². The summed E-state index contributed by atoms with van der Waals surface area (Å²) in [5.41, 5.74) is 5.25. The van der Waals surface area contributed by atoms with Gasteiger partial charge in [-0.1, -0.05) is 18.2 Å². The Kier molecular flexibility index (Phi) is 4.35. The molecule has 3 N–H and O–H groups in total. The number of nitrogens with one attached hydrogen (secondary N) is 1. The second-order valence-electron chi connectivity index (χ2n) is 2.42. The zero-order chi connectivity index (χ0) is 9.52. The van der Waals surface area contributed by atoms with E-state index in [-0.39, 0.29) is 5.24 Å². The predicted molar refractivity (Wildman–Crippen MR) is 54.8 cm³/mol. The lowest BCUT2D eigenvalue weighted by molar-refractivity contribution is 0.261. The summed E-state index contributed by atoms with van der Waals surface area (Å²) in [5.74, 6) is 0. The molecule has 0 atom stereocenters. The quantitative estimate of drug-likeness (QED) is 0.719. The highest BCUT2D eigenvalue weighted by atomic mass is 32.2. The summed E-state index contributed by atoms with van der Waals surface area (Å²) < 4.78 is 0. The van der Waals surface area contributed by atoms with Gasteiger partial charge >= 0.3 is 0 Å². The lowest BCUT2D eigenvalue weighted by atomic mass is 10.4. The summed E-state index contributed by atoms with van der Waals surface area (Å²) in [6.07, 6.45) is 0. The Morgan fingerprint density at radius 3 is 2.69 bits per heavy atom. The first kappa shape index (κ1) is 10.1. The van der Waals surface area contributed by atoms with Gasteiger partial charge in [-0.05, 0) is 23.9 Å². The third-order valence-electron chi connectivity index (χ3n) is 1.37. The molecule has 0 aliphatic carbocycles. The molecule has 0 saturated carbocycles. The molecule has 0 heterocycles. The summed E-state index contributed by atoms with van der Waals surface area (Å²) in [7, 11) is 0. The number of nitrogens with two attached hydrogens (primary N) is 1. The Morgan fingerprint density at radius 1 is 1.38 bits per heavy atom. The lowest BCUT2D eigenvalue weighted by Gasteiger charge is -2.01. The van der Waals surface area contributed by atoms with Crippen LogP contribution in [0.25, 0.3) is 0 Å². The van der Waals surface area contributed by atoms with Gasteiger partial charge in [0.15, 0.2) is 0 Å². The molecule has 1 amide bonds. The number of hydrogen-bond donors (Lipinski definition) is 2. The standard InChI is InChI=1S/C9H12N2OS/c10-6-7-11-9(12)13-8-4-2-1-3-5-8/h1-5H,6-7,10H2,(H,11,12). The number of thioether (sulfide) groups is 1. The van der Waals surface area contributed by atoms with Crippen LogP contribution < -0.4 is 11.1 Å². The lowest BCUT2D eigenvalue weighted by Crippen LogP contribution is -2.25. The third kappa shape index (κ3) is 3.96. The van der Waals surface area contributed by atoms with Crippen LogP contribution in [-0.2, 0) is 0 Å². The number of carbonyl (C=O) groups excluding carboxylic acids is 1. The monoisotopic (exact) mass is 196 g/mol. The van der Waals surface area contributed by atoms with E-state index >= 15 is 0 Å². The molecule has 13 heavy (non-hydrogen) atoms. The van der Waals surface area contributed by atoms with Crippen LogP contribution in [0.5, 0.6) is 0 Å². The molecule has 0 unspecified atom stereocenters. The van der Waals surface area contributed by atoms with Gasteiger partial charge in [-0.15, -0.1) is 0 Å². The first-order valence-corrected chi connectivity index (χ1v) is 4.85. The van der Waals surface area contributed by atoms with E-state index in [0.717, 1.165) is 4.90 Å². The molecule has 70 valence electrons. The van der Waals surface area contributed by atoms with E-state index in [4.69, 9.17) is 5.73 Å². The van der Waals surface area contributed by atoms with E-state index in [1.807, 2.05) is 30.3 Å². The van der Waals surface area contributed by atoms with Crippen molar-refractivity contribution in [3.8, 4) is 0 Å². The minimum absolute atomic E-state index is 0.0587. The van der Waals surface area contributed by atoms with Crippen LogP contribution in [0.2, 0.25) is 0 Å². The highest BCUT2D eigenvalue weighted by Crippen LogP contribution is 2.16. The Balaban J connectivity index is 2.37. The van der Waals surface area contributed by atoms with E-state index in [1.165, 1.54) is 11.8 Å². The van der Waals surface area contributed by atoms with Crippen LogP contribution in [0.1, 0.15) is 0 Å². The minimum atomic E-state index is -0.0587. The zero-order valence-corrected chi connectivity index (χ0v) is 8.01. The predicted octanol–water partition coefficient (Wildman–Crippen LogP) is 1.45. The minimum Gasteiger partial charge on any atom is -0.345 e. The second-order valence-corrected chi connectivity index (χ2v) is 3.46. The second kappa shape index (κ2) is 5.61. The molecule has 0 aliphatic rings. The smallest absolute Gasteiger partial charge is 0.283 e. The SMILES string of the molecule is NCCNC(=O)Sc1ccccc1. The van der Waals surface area contributed by atoms with Crippen LogP contribution in [-0.4, -0.2) is 18.3 Å². The number of amides is 1. The van der Waals surface area contributed by atoms with Crippen LogP contribution >= 0.6 is 11.8 Å². The van der Waals surface area contributed by atoms with Gasteiger partial charge < -0.3 is 11.1 Å². The van der Waals surface area contributed by atoms with Gasteiger partial charge in [0.05, 0.1) is 0 Å². The summed E-state index contributed by atoms with van der Waals surface area (Å²) in [5, 5.41) is 2.62. The van der Waals surface area contributed by atoms with Gasteiger partial charge in [-0.3, -0.25) is 4.79 Å². The Morgan fingerprint density at radius 2 is 2.08 bits per heavy atom. The van der Waals surface area contributed by atoms with Crippen LogP contribution in [0, 0.1) is 0 Å². The van der Waals surface area contributed by atoms with Crippen molar-refractivity contribution in [2.45, 2.75) is 4.90 Å². The molecular weight excluding hydrogens is 184 g/mol.